The Morgan fingerprint density at radius 2 is 1.74 bits per heavy atom. The second-order valence-corrected chi connectivity index (χ2v) is 6.69. The number of nitrogens with zero attached hydrogens (tertiary/aromatic N) is 3. The summed E-state index contributed by atoms with van der Waals surface area (Å²) in [7, 11) is 6.70. The van der Waals surface area contributed by atoms with E-state index >= 15 is 0 Å². The fourth-order valence-electron chi connectivity index (χ4n) is 4.08. The molecule has 2 saturated carbocycles. The van der Waals surface area contributed by atoms with Crippen LogP contribution in [-0.2, 0) is 6.54 Å². The predicted molar refractivity (Wildman–Crippen MR) is 76.8 cm³/mol. The van der Waals surface area contributed by atoms with E-state index in [0.717, 1.165) is 36.3 Å². The number of imidazole rings is 1. The van der Waals surface area contributed by atoms with Gasteiger partial charge in [0.2, 0.25) is 0 Å². The highest BCUT2D eigenvalue weighted by molar-refractivity contribution is 4.98. The maximum atomic E-state index is 4.33. The molecule has 0 spiro atoms. The molecular formula is C15H26N4. The van der Waals surface area contributed by atoms with E-state index < -0.39 is 0 Å². The summed E-state index contributed by atoms with van der Waals surface area (Å²) >= 11 is 0. The first kappa shape index (κ1) is 13.1. The SMILES string of the molecule is CN(C)C1C[C@@H]2CC(N(C)Cc3ncc[nH]3)C[C@@H]2C1. The molecule has 1 heterocycles. The molecule has 4 nitrogen and oxygen atoms in total. The highest BCUT2D eigenvalue weighted by Gasteiger charge is 2.43. The molecule has 0 radical (unpaired) electrons. The molecule has 1 aromatic rings. The van der Waals surface area contributed by atoms with E-state index in [4.69, 9.17) is 0 Å². The Labute approximate surface area is 116 Å². The molecular weight excluding hydrogens is 236 g/mol. The first-order valence-electron chi connectivity index (χ1n) is 7.48. The van der Waals surface area contributed by atoms with Crippen molar-refractivity contribution in [2.45, 2.75) is 44.3 Å². The maximum Gasteiger partial charge on any atom is 0.120 e. The Morgan fingerprint density at radius 3 is 2.26 bits per heavy atom. The van der Waals surface area contributed by atoms with Crippen LogP contribution in [-0.4, -0.2) is 53.0 Å². The van der Waals surface area contributed by atoms with E-state index in [9.17, 15) is 0 Å². The summed E-state index contributed by atoms with van der Waals surface area (Å²) in [6.07, 6.45) is 9.33. The maximum absolute atomic E-state index is 4.33. The number of aromatic nitrogens is 2. The largest absolute Gasteiger partial charge is 0.348 e. The van der Waals surface area contributed by atoms with Gasteiger partial charge in [0.15, 0.2) is 0 Å². The second kappa shape index (κ2) is 5.25. The monoisotopic (exact) mass is 262 g/mol. The zero-order valence-corrected chi connectivity index (χ0v) is 12.3. The van der Waals surface area contributed by atoms with Gasteiger partial charge in [-0.1, -0.05) is 0 Å². The fraction of sp³-hybridized carbons (Fsp3) is 0.800. The lowest BCUT2D eigenvalue weighted by atomic mass is 10.0. The molecule has 4 atom stereocenters. The van der Waals surface area contributed by atoms with Gasteiger partial charge in [-0.05, 0) is 58.7 Å². The van der Waals surface area contributed by atoms with E-state index in [1.807, 2.05) is 12.4 Å². The van der Waals surface area contributed by atoms with Crippen LogP contribution in [0.5, 0.6) is 0 Å². The van der Waals surface area contributed by atoms with Crippen LogP contribution in [0.3, 0.4) is 0 Å². The summed E-state index contributed by atoms with van der Waals surface area (Å²) in [5.74, 6) is 3.00. The summed E-state index contributed by atoms with van der Waals surface area (Å²) in [5.41, 5.74) is 0. The van der Waals surface area contributed by atoms with Gasteiger partial charge in [0.05, 0.1) is 6.54 Å². The lowest BCUT2D eigenvalue weighted by Gasteiger charge is -2.26. The Hall–Kier alpha value is -0.870. The van der Waals surface area contributed by atoms with Crippen LogP contribution in [0.15, 0.2) is 12.4 Å². The zero-order valence-electron chi connectivity index (χ0n) is 12.3. The lowest BCUT2D eigenvalue weighted by Crippen LogP contribution is -2.31. The Morgan fingerprint density at radius 1 is 1.11 bits per heavy atom. The third-order valence-electron chi connectivity index (χ3n) is 5.27. The molecule has 2 unspecified atom stereocenters. The average molecular weight is 262 g/mol. The van der Waals surface area contributed by atoms with Crippen molar-refractivity contribution in [3.63, 3.8) is 0 Å². The van der Waals surface area contributed by atoms with Crippen molar-refractivity contribution < 1.29 is 0 Å². The molecule has 4 heteroatoms. The molecule has 1 N–H and O–H groups in total. The Bertz CT molecular complexity index is 386. The minimum Gasteiger partial charge on any atom is -0.348 e. The van der Waals surface area contributed by atoms with Gasteiger partial charge < -0.3 is 9.88 Å². The summed E-state index contributed by atoms with van der Waals surface area (Å²) in [5, 5.41) is 0. The molecule has 1 aromatic heterocycles. The van der Waals surface area contributed by atoms with E-state index in [1.54, 1.807) is 0 Å². The van der Waals surface area contributed by atoms with Crippen molar-refractivity contribution in [2.24, 2.45) is 11.8 Å². The Balaban J connectivity index is 1.53. The lowest BCUT2D eigenvalue weighted by molar-refractivity contribution is 0.208. The molecule has 0 amide bonds. The molecule has 2 fully saturated rings. The summed E-state index contributed by atoms with van der Waals surface area (Å²) in [6, 6.07) is 1.58. The second-order valence-electron chi connectivity index (χ2n) is 6.69. The average Bonchev–Trinajstić information content (AvgIpc) is 3.01. The Kier molecular flexibility index (Phi) is 3.63. The van der Waals surface area contributed by atoms with Crippen molar-refractivity contribution in [1.82, 2.24) is 19.8 Å². The van der Waals surface area contributed by atoms with Crippen LogP contribution in [0.1, 0.15) is 31.5 Å². The number of hydrogen-bond donors (Lipinski definition) is 1. The predicted octanol–water partition coefficient (Wildman–Crippen LogP) is 1.96. The van der Waals surface area contributed by atoms with Crippen LogP contribution in [0.25, 0.3) is 0 Å². The molecule has 2 aliphatic rings. The number of hydrogen-bond acceptors (Lipinski definition) is 3. The third-order valence-corrected chi connectivity index (χ3v) is 5.27. The smallest absolute Gasteiger partial charge is 0.120 e. The van der Waals surface area contributed by atoms with Gasteiger partial charge in [0, 0.05) is 24.5 Å². The third kappa shape index (κ3) is 2.70. The van der Waals surface area contributed by atoms with Gasteiger partial charge >= 0.3 is 0 Å². The van der Waals surface area contributed by atoms with Gasteiger partial charge in [-0.2, -0.15) is 0 Å². The number of rotatable bonds is 4. The standard InChI is InChI=1S/C15H26N4/c1-18(2)13-6-11-8-14(9-12(11)7-13)19(3)10-15-16-4-5-17-15/h4-5,11-14H,6-10H2,1-3H3,(H,16,17)/t11-,12+,13?,14?. The summed E-state index contributed by atoms with van der Waals surface area (Å²) in [6.45, 7) is 0.953. The molecule has 0 aromatic carbocycles. The fourth-order valence-corrected chi connectivity index (χ4v) is 4.08. The molecule has 0 bridgehead atoms. The van der Waals surface area contributed by atoms with Crippen molar-refractivity contribution in [1.29, 1.82) is 0 Å². The minimum atomic E-state index is 0.753. The van der Waals surface area contributed by atoms with Crippen LogP contribution < -0.4 is 0 Å². The van der Waals surface area contributed by atoms with Gasteiger partial charge in [-0.25, -0.2) is 4.98 Å². The van der Waals surface area contributed by atoms with Crippen LogP contribution in [0.4, 0.5) is 0 Å². The van der Waals surface area contributed by atoms with Gasteiger partial charge in [-0.15, -0.1) is 0 Å². The van der Waals surface area contributed by atoms with Crippen LogP contribution in [0, 0.1) is 11.8 Å². The van der Waals surface area contributed by atoms with Gasteiger partial charge in [-0.3, -0.25) is 4.90 Å². The van der Waals surface area contributed by atoms with Crippen molar-refractivity contribution in [2.75, 3.05) is 21.1 Å². The van der Waals surface area contributed by atoms with Crippen molar-refractivity contribution in [3.8, 4) is 0 Å². The number of aromatic amines is 1. The van der Waals surface area contributed by atoms with E-state index in [-0.39, 0.29) is 0 Å². The van der Waals surface area contributed by atoms with E-state index in [2.05, 4.69) is 40.9 Å². The first-order valence-corrected chi connectivity index (χ1v) is 7.48. The molecule has 3 rings (SSSR count). The first-order chi connectivity index (χ1) is 9.13. The highest BCUT2D eigenvalue weighted by Crippen LogP contribution is 2.46. The van der Waals surface area contributed by atoms with Gasteiger partial charge in [0.1, 0.15) is 5.82 Å². The molecule has 2 aliphatic carbocycles. The summed E-state index contributed by atoms with van der Waals surface area (Å²) in [4.78, 5) is 12.4. The highest BCUT2D eigenvalue weighted by atomic mass is 15.2. The van der Waals surface area contributed by atoms with Gasteiger partial charge in [0.25, 0.3) is 0 Å². The number of H-pyrrole nitrogens is 1. The van der Waals surface area contributed by atoms with Crippen molar-refractivity contribution >= 4 is 0 Å². The summed E-state index contributed by atoms with van der Waals surface area (Å²) < 4.78 is 0. The minimum absolute atomic E-state index is 0.753. The topological polar surface area (TPSA) is 35.2 Å². The zero-order chi connectivity index (χ0) is 13.4. The van der Waals surface area contributed by atoms with Crippen molar-refractivity contribution in [3.05, 3.63) is 18.2 Å². The quantitative estimate of drug-likeness (QED) is 0.901. The van der Waals surface area contributed by atoms with Crippen LogP contribution >= 0.6 is 0 Å². The molecule has 0 saturated heterocycles. The molecule has 0 aliphatic heterocycles. The van der Waals surface area contributed by atoms with Crippen LogP contribution in [0.2, 0.25) is 0 Å². The number of fused-ring (bicyclic) bond motifs is 1. The normalized spacial score (nSPS) is 34.4. The van der Waals surface area contributed by atoms with E-state index in [1.165, 1.54) is 25.7 Å². The number of nitrogens with one attached hydrogen (secondary N) is 1. The molecule has 19 heavy (non-hydrogen) atoms. The van der Waals surface area contributed by atoms with E-state index in [0.29, 0.717) is 0 Å². The molecule has 106 valence electrons.